The molecule has 2 amide bonds. The van der Waals surface area contributed by atoms with E-state index in [0.717, 1.165) is 18.8 Å². The zero-order valence-electron chi connectivity index (χ0n) is 15.5. The Hall–Kier alpha value is -2.53. The molecule has 0 unspecified atom stereocenters. The van der Waals surface area contributed by atoms with Gasteiger partial charge in [0.2, 0.25) is 11.8 Å². The van der Waals surface area contributed by atoms with Crippen LogP contribution in [-0.2, 0) is 9.59 Å². The molecule has 0 aliphatic carbocycles. The summed E-state index contributed by atoms with van der Waals surface area (Å²) in [5.41, 5.74) is 2.65. The molecule has 0 aromatic heterocycles. The van der Waals surface area contributed by atoms with Gasteiger partial charge in [-0.25, -0.2) is 0 Å². The predicted octanol–water partition coefficient (Wildman–Crippen LogP) is 4.32. The maximum absolute atomic E-state index is 12.3. The summed E-state index contributed by atoms with van der Waals surface area (Å²) in [6, 6.07) is 15.0. The summed E-state index contributed by atoms with van der Waals surface area (Å²) >= 11 is 6.00. The number of halogens is 1. The van der Waals surface area contributed by atoms with Crippen LogP contribution in [0.4, 0.5) is 17.1 Å². The molecule has 27 heavy (non-hydrogen) atoms. The topological polar surface area (TPSA) is 52.7 Å². The lowest BCUT2D eigenvalue weighted by Crippen LogP contribution is -2.31. The summed E-state index contributed by atoms with van der Waals surface area (Å²) in [4.78, 5) is 28.1. The number of rotatable bonds is 6. The van der Waals surface area contributed by atoms with Crippen molar-refractivity contribution >= 4 is 40.5 Å². The summed E-state index contributed by atoms with van der Waals surface area (Å²) in [5.74, 6) is -0.253. The SMILES string of the molecule is CC(=O)N(CCC(=O)Nc1ccc(N2CCCC2)cc1)c1cccc(Cl)c1. The highest BCUT2D eigenvalue weighted by atomic mass is 35.5. The van der Waals surface area contributed by atoms with Gasteiger partial charge in [-0.15, -0.1) is 0 Å². The van der Waals surface area contributed by atoms with Crippen LogP contribution >= 0.6 is 11.6 Å². The number of carbonyl (C=O) groups is 2. The molecule has 1 heterocycles. The van der Waals surface area contributed by atoms with Gasteiger partial charge in [-0.2, -0.15) is 0 Å². The van der Waals surface area contributed by atoms with Crippen molar-refractivity contribution in [2.75, 3.05) is 34.8 Å². The van der Waals surface area contributed by atoms with Crippen molar-refractivity contribution in [3.05, 3.63) is 53.6 Å². The predicted molar refractivity (Wildman–Crippen MR) is 111 cm³/mol. The zero-order chi connectivity index (χ0) is 19.2. The highest BCUT2D eigenvalue weighted by Crippen LogP contribution is 2.23. The average Bonchev–Trinajstić information content (AvgIpc) is 3.17. The smallest absolute Gasteiger partial charge is 0.226 e. The number of hydrogen-bond acceptors (Lipinski definition) is 3. The summed E-state index contributed by atoms with van der Waals surface area (Å²) in [5, 5.41) is 3.45. The Bertz CT molecular complexity index is 801. The fourth-order valence-corrected chi connectivity index (χ4v) is 3.46. The molecule has 3 rings (SSSR count). The minimum atomic E-state index is -0.128. The van der Waals surface area contributed by atoms with Crippen molar-refractivity contribution in [1.82, 2.24) is 0 Å². The number of amides is 2. The molecule has 2 aromatic carbocycles. The molecule has 0 saturated carbocycles. The second kappa shape index (κ2) is 8.91. The maximum atomic E-state index is 12.3. The van der Waals surface area contributed by atoms with E-state index in [0.29, 0.717) is 17.3 Å². The second-order valence-electron chi connectivity index (χ2n) is 6.69. The van der Waals surface area contributed by atoms with Crippen LogP contribution in [0, 0.1) is 0 Å². The first-order valence-corrected chi connectivity index (χ1v) is 9.59. The first kappa shape index (κ1) is 19.2. The minimum Gasteiger partial charge on any atom is -0.372 e. The first-order chi connectivity index (χ1) is 13.0. The molecular weight excluding hydrogens is 362 g/mol. The second-order valence-corrected chi connectivity index (χ2v) is 7.13. The van der Waals surface area contributed by atoms with E-state index in [1.54, 1.807) is 23.1 Å². The fourth-order valence-electron chi connectivity index (χ4n) is 3.28. The lowest BCUT2D eigenvalue weighted by molar-refractivity contribution is -0.117. The van der Waals surface area contributed by atoms with Gasteiger partial charge >= 0.3 is 0 Å². The Kier molecular flexibility index (Phi) is 6.35. The Balaban J connectivity index is 1.55. The largest absolute Gasteiger partial charge is 0.372 e. The number of benzene rings is 2. The summed E-state index contributed by atoms with van der Waals surface area (Å²) in [7, 11) is 0. The van der Waals surface area contributed by atoms with Gasteiger partial charge in [0.25, 0.3) is 0 Å². The molecule has 1 aliphatic rings. The van der Waals surface area contributed by atoms with Crippen molar-refractivity contribution < 1.29 is 9.59 Å². The van der Waals surface area contributed by atoms with Crippen molar-refractivity contribution in [2.45, 2.75) is 26.2 Å². The summed E-state index contributed by atoms with van der Waals surface area (Å²) in [6.45, 7) is 3.97. The average molecular weight is 386 g/mol. The molecule has 0 radical (unpaired) electrons. The van der Waals surface area contributed by atoms with Crippen LogP contribution in [0.2, 0.25) is 5.02 Å². The number of carbonyl (C=O) groups excluding carboxylic acids is 2. The van der Waals surface area contributed by atoms with Gasteiger partial charge in [0.05, 0.1) is 0 Å². The molecule has 0 atom stereocenters. The monoisotopic (exact) mass is 385 g/mol. The van der Waals surface area contributed by atoms with Gasteiger partial charge in [0.1, 0.15) is 0 Å². The van der Waals surface area contributed by atoms with Crippen molar-refractivity contribution in [1.29, 1.82) is 0 Å². The van der Waals surface area contributed by atoms with Gasteiger partial charge < -0.3 is 15.1 Å². The third-order valence-electron chi connectivity index (χ3n) is 4.68. The van der Waals surface area contributed by atoms with Gasteiger partial charge in [0.15, 0.2) is 0 Å². The third kappa shape index (κ3) is 5.23. The minimum absolute atomic E-state index is 0.125. The molecule has 2 aromatic rings. The summed E-state index contributed by atoms with van der Waals surface area (Å²) in [6.07, 6.45) is 2.68. The Morgan fingerprint density at radius 1 is 1.11 bits per heavy atom. The molecule has 1 fully saturated rings. The molecular formula is C21H24ClN3O2. The Morgan fingerprint density at radius 2 is 1.81 bits per heavy atom. The van der Waals surface area contributed by atoms with Crippen LogP contribution in [-0.4, -0.2) is 31.4 Å². The van der Waals surface area contributed by atoms with Crippen LogP contribution in [0.15, 0.2) is 48.5 Å². The van der Waals surface area contributed by atoms with E-state index in [9.17, 15) is 9.59 Å². The first-order valence-electron chi connectivity index (χ1n) is 9.21. The lowest BCUT2D eigenvalue weighted by atomic mass is 10.2. The normalized spacial score (nSPS) is 13.5. The molecule has 6 heteroatoms. The van der Waals surface area contributed by atoms with E-state index in [4.69, 9.17) is 11.6 Å². The van der Waals surface area contributed by atoms with Crippen LogP contribution in [0.25, 0.3) is 0 Å². The molecule has 1 N–H and O–H groups in total. The number of hydrogen-bond donors (Lipinski definition) is 1. The summed E-state index contributed by atoms with van der Waals surface area (Å²) < 4.78 is 0. The standard InChI is InChI=1S/C21H24ClN3O2/c1-16(26)25(20-6-4-5-17(22)15-20)14-11-21(27)23-18-7-9-19(10-8-18)24-12-2-3-13-24/h4-10,15H,2-3,11-14H2,1H3,(H,23,27). The van der Waals surface area contributed by atoms with Crippen LogP contribution in [0.1, 0.15) is 26.2 Å². The van der Waals surface area contributed by atoms with E-state index in [1.165, 1.54) is 25.5 Å². The van der Waals surface area contributed by atoms with E-state index in [1.807, 2.05) is 30.3 Å². The molecule has 1 aliphatic heterocycles. The van der Waals surface area contributed by atoms with Crippen molar-refractivity contribution in [2.24, 2.45) is 0 Å². The highest BCUT2D eigenvalue weighted by Gasteiger charge is 2.15. The zero-order valence-corrected chi connectivity index (χ0v) is 16.2. The number of anilines is 3. The van der Waals surface area contributed by atoms with Crippen LogP contribution in [0.5, 0.6) is 0 Å². The molecule has 142 valence electrons. The van der Waals surface area contributed by atoms with E-state index < -0.39 is 0 Å². The van der Waals surface area contributed by atoms with Crippen LogP contribution < -0.4 is 15.1 Å². The highest BCUT2D eigenvalue weighted by molar-refractivity contribution is 6.30. The van der Waals surface area contributed by atoms with Gasteiger partial charge in [-0.05, 0) is 55.3 Å². The van der Waals surface area contributed by atoms with Crippen LogP contribution in [0.3, 0.4) is 0 Å². The quantitative estimate of drug-likeness (QED) is 0.805. The van der Waals surface area contributed by atoms with Crippen molar-refractivity contribution in [3.63, 3.8) is 0 Å². The van der Waals surface area contributed by atoms with E-state index in [2.05, 4.69) is 10.2 Å². The van der Waals surface area contributed by atoms with Crippen molar-refractivity contribution in [3.8, 4) is 0 Å². The fraction of sp³-hybridized carbons (Fsp3) is 0.333. The van der Waals surface area contributed by atoms with E-state index in [-0.39, 0.29) is 18.2 Å². The molecule has 0 bridgehead atoms. The molecule has 5 nitrogen and oxygen atoms in total. The van der Waals surface area contributed by atoms with Gasteiger partial charge in [-0.3, -0.25) is 9.59 Å². The lowest BCUT2D eigenvalue weighted by Gasteiger charge is -2.21. The molecule has 1 saturated heterocycles. The third-order valence-corrected chi connectivity index (χ3v) is 4.92. The van der Waals surface area contributed by atoms with Gasteiger partial charge in [-0.1, -0.05) is 17.7 Å². The maximum Gasteiger partial charge on any atom is 0.226 e. The Labute approximate surface area is 164 Å². The number of nitrogens with zero attached hydrogens (tertiary/aromatic N) is 2. The van der Waals surface area contributed by atoms with Gasteiger partial charge in [0, 0.05) is 55.1 Å². The Morgan fingerprint density at radius 3 is 2.44 bits per heavy atom. The molecule has 0 spiro atoms. The number of nitrogens with one attached hydrogen (secondary N) is 1. The van der Waals surface area contributed by atoms with E-state index >= 15 is 0 Å².